The summed E-state index contributed by atoms with van der Waals surface area (Å²) in [6.45, 7) is 5.22. The van der Waals surface area contributed by atoms with Crippen LogP contribution in [0.5, 0.6) is 0 Å². The molecule has 0 amide bonds. The van der Waals surface area contributed by atoms with Crippen LogP contribution in [0.1, 0.15) is 19.8 Å². The first kappa shape index (κ1) is 10.8. The van der Waals surface area contributed by atoms with Crippen molar-refractivity contribution in [1.29, 1.82) is 0 Å². The van der Waals surface area contributed by atoms with Crippen LogP contribution in [0.3, 0.4) is 0 Å². The van der Waals surface area contributed by atoms with E-state index >= 15 is 0 Å². The fourth-order valence-corrected chi connectivity index (χ4v) is 3.53. The Morgan fingerprint density at radius 1 is 1.73 bits per heavy atom. The standard InChI is InChI=1S/C4H9.C3H4O2.O.Sn/c1-3-4-2;1-2-3(4)5;;/h1,3-4H2,2H3;2H,1H2,(H,4,5);;/q;;;+1/p-1. The minimum absolute atomic E-state index is 0.550. The molecular weight excluding hydrogens is 251 g/mol. The molecule has 0 N–H and O–H groups in total. The monoisotopic (exact) mass is 264 g/mol. The molecule has 0 aliphatic rings. The molecule has 0 aromatic carbocycles. The molecule has 0 rings (SSSR count). The van der Waals surface area contributed by atoms with E-state index in [1.165, 1.54) is 0 Å². The third-order valence-electron chi connectivity index (χ3n) is 1.12. The summed E-state index contributed by atoms with van der Waals surface area (Å²) in [7, 11) is 0. The molecule has 11 heavy (non-hydrogen) atoms. The quantitative estimate of drug-likeness (QED) is 0.556. The molecule has 3 nitrogen and oxygen atoms in total. The van der Waals surface area contributed by atoms with Crippen molar-refractivity contribution in [3.63, 3.8) is 0 Å². The molecule has 0 spiro atoms. The van der Waals surface area contributed by atoms with Crippen LogP contribution in [-0.2, 0) is 10.9 Å². The Hall–Kier alpha value is -0.191. The van der Waals surface area contributed by atoms with E-state index in [9.17, 15) is 7.87 Å². The molecule has 0 unspecified atom stereocenters. The van der Waals surface area contributed by atoms with Gasteiger partial charge in [-0.25, -0.2) is 0 Å². The molecule has 0 aromatic rings. The third-order valence-corrected chi connectivity index (χ3v) is 4.51. The van der Waals surface area contributed by atoms with Crippen LogP contribution in [0.25, 0.3) is 0 Å². The fourth-order valence-electron chi connectivity index (χ4n) is 0.526. The van der Waals surface area contributed by atoms with Crippen molar-refractivity contribution in [1.82, 2.24) is 0 Å². The van der Waals surface area contributed by atoms with Crippen molar-refractivity contribution in [3.05, 3.63) is 12.7 Å². The molecule has 0 aliphatic carbocycles. The average Bonchev–Trinajstić information content (AvgIpc) is 2.00. The molecule has 62 valence electrons. The van der Waals surface area contributed by atoms with E-state index < -0.39 is 26.1 Å². The van der Waals surface area contributed by atoms with Gasteiger partial charge in [-0.05, 0) is 0 Å². The third kappa shape index (κ3) is 6.22. The van der Waals surface area contributed by atoms with Gasteiger partial charge in [0.1, 0.15) is 0 Å². The second-order valence-electron chi connectivity index (χ2n) is 2.10. The fraction of sp³-hybridized carbons (Fsp3) is 0.571. The number of rotatable bonds is 5. The van der Waals surface area contributed by atoms with Gasteiger partial charge in [0.25, 0.3) is 0 Å². The van der Waals surface area contributed by atoms with Crippen molar-refractivity contribution < 1.29 is 10.9 Å². The van der Waals surface area contributed by atoms with Crippen molar-refractivity contribution in [3.8, 4) is 0 Å². The predicted octanol–water partition coefficient (Wildman–Crippen LogP) is 1.43. The number of hydrogen-bond donors (Lipinski definition) is 0. The molecule has 0 fully saturated rings. The normalized spacial score (nSPS) is 8.82. The number of hydrogen-bond acceptors (Lipinski definition) is 3. The zero-order valence-electron chi connectivity index (χ0n) is 6.63. The van der Waals surface area contributed by atoms with Gasteiger partial charge in [-0.3, -0.25) is 0 Å². The second kappa shape index (κ2) is 6.51. The molecule has 0 aliphatic heterocycles. The van der Waals surface area contributed by atoms with Crippen LogP contribution in [0, 0.1) is 0 Å². The Bertz CT molecular complexity index is 165. The summed E-state index contributed by atoms with van der Waals surface area (Å²) in [5.41, 5.74) is 0. The molecule has 0 heterocycles. The van der Waals surface area contributed by atoms with Crippen molar-refractivity contribution in [2.75, 3.05) is 0 Å². The van der Waals surface area contributed by atoms with Crippen molar-refractivity contribution in [2.24, 2.45) is 0 Å². The zero-order valence-corrected chi connectivity index (χ0v) is 9.48. The van der Waals surface area contributed by atoms with Crippen LogP contribution in [-0.4, -0.2) is 26.1 Å². The van der Waals surface area contributed by atoms with Crippen molar-refractivity contribution in [2.45, 2.75) is 24.2 Å². The zero-order chi connectivity index (χ0) is 8.69. The summed E-state index contributed by atoms with van der Waals surface area (Å²) >= 11 is -2.98. The molecule has 0 saturated heterocycles. The Kier molecular flexibility index (Phi) is 6.40. The van der Waals surface area contributed by atoms with Gasteiger partial charge in [0.2, 0.25) is 0 Å². The molecule has 0 saturated carbocycles. The summed E-state index contributed by atoms with van der Waals surface area (Å²) < 4.78 is 16.1. The van der Waals surface area contributed by atoms with Gasteiger partial charge < -0.3 is 0 Å². The Balaban J connectivity index is 3.52. The predicted molar refractivity (Wildman–Crippen MR) is 42.4 cm³/mol. The molecule has 0 aromatic heterocycles. The summed E-state index contributed by atoms with van der Waals surface area (Å²) in [5, 5.41) is 0. The first-order valence-corrected chi connectivity index (χ1v) is 7.92. The van der Waals surface area contributed by atoms with Gasteiger partial charge in [-0.15, -0.1) is 0 Å². The van der Waals surface area contributed by atoms with Crippen LogP contribution >= 0.6 is 0 Å². The van der Waals surface area contributed by atoms with E-state index in [0.29, 0.717) is 4.44 Å². The van der Waals surface area contributed by atoms with Crippen LogP contribution in [0.4, 0.5) is 0 Å². The summed E-state index contributed by atoms with van der Waals surface area (Å²) in [6.07, 6.45) is 2.91. The number of carbonyl (C=O) groups is 1. The Morgan fingerprint density at radius 3 is 2.82 bits per heavy atom. The Morgan fingerprint density at radius 2 is 2.36 bits per heavy atom. The average molecular weight is 263 g/mol. The minimum atomic E-state index is -2.98. The molecule has 0 bridgehead atoms. The second-order valence-corrected chi connectivity index (χ2v) is 6.23. The van der Waals surface area contributed by atoms with Gasteiger partial charge in [-0.1, -0.05) is 0 Å². The van der Waals surface area contributed by atoms with E-state index in [4.69, 9.17) is 0 Å². The number of unbranched alkanes of at least 4 members (excludes halogenated alkanes) is 1. The van der Waals surface area contributed by atoms with Gasteiger partial charge in [0.05, 0.1) is 0 Å². The van der Waals surface area contributed by atoms with E-state index in [-0.39, 0.29) is 0 Å². The molecule has 0 atom stereocenters. The van der Waals surface area contributed by atoms with Crippen molar-refractivity contribution >= 4 is 26.1 Å². The summed E-state index contributed by atoms with van der Waals surface area (Å²) in [5.74, 6) is -0.550. The topological polar surface area (TPSA) is 43.4 Å². The van der Waals surface area contributed by atoms with Crippen LogP contribution in [0.15, 0.2) is 12.7 Å². The SMILES string of the molecule is C=CC(=O)[O][Sn](=[O])[CH2]CCC. The van der Waals surface area contributed by atoms with Crippen LogP contribution in [0.2, 0.25) is 4.44 Å². The van der Waals surface area contributed by atoms with Gasteiger partial charge >= 0.3 is 73.9 Å². The van der Waals surface area contributed by atoms with E-state index in [1.807, 2.05) is 6.92 Å². The van der Waals surface area contributed by atoms with E-state index in [1.54, 1.807) is 0 Å². The first-order valence-electron chi connectivity index (χ1n) is 3.57. The van der Waals surface area contributed by atoms with Crippen LogP contribution < -0.4 is 0 Å². The maximum atomic E-state index is 11.0. The number of carbonyl (C=O) groups excluding carboxylic acids is 1. The first-order chi connectivity index (χ1) is 5.20. The maximum absolute atomic E-state index is 11.0. The van der Waals surface area contributed by atoms with Gasteiger partial charge in [-0.2, -0.15) is 0 Å². The van der Waals surface area contributed by atoms with E-state index in [2.05, 4.69) is 9.65 Å². The molecule has 4 heteroatoms. The summed E-state index contributed by atoms with van der Waals surface area (Å²) in [4.78, 5) is 10.5. The molecular formula is C7H12O3Sn. The van der Waals surface area contributed by atoms with Gasteiger partial charge in [0, 0.05) is 0 Å². The Labute approximate surface area is 74.1 Å². The van der Waals surface area contributed by atoms with E-state index in [0.717, 1.165) is 18.9 Å². The summed E-state index contributed by atoms with van der Waals surface area (Å²) in [6, 6.07) is 0. The molecule has 0 radical (unpaired) electrons. The van der Waals surface area contributed by atoms with Gasteiger partial charge in [0.15, 0.2) is 0 Å².